The highest BCUT2D eigenvalue weighted by Crippen LogP contribution is 2.28. The molecule has 0 radical (unpaired) electrons. The topological polar surface area (TPSA) is 40.6 Å². The van der Waals surface area contributed by atoms with Crippen molar-refractivity contribution in [3.63, 3.8) is 0 Å². The van der Waals surface area contributed by atoms with Crippen LogP contribution in [0.25, 0.3) is 0 Å². The van der Waals surface area contributed by atoms with Gasteiger partial charge in [-0.25, -0.2) is 4.98 Å². The first-order valence-electron chi connectivity index (χ1n) is 8.38. The first-order valence-corrected chi connectivity index (χ1v) is 8.76. The first-order chi connectivity index (χ1) is 12.8. The molecule has 0 fully saturated rings. The molecule has 2 aromatic carbocycles. The van der Waals surface area contributed by atoms with Gasteiger partial charge in [0.2, 0.25) is 0 Å². The molecule has 26 heavy (non-hydrogen) atoms. The second kappa shape index (κ2) is 9.80. The largest absolute Gasteiger partial charge is 0.485 e. The molecule has 0 aliphatic carbocycles. The Kier molecular flexibility index (Phi) is 6.88. The van der Waals surface area contributed by atoms with Crippen molar-refractivity contribution in [1.82, 2.24) is 4.98 Å². The monoisotopic (exact) mass is 369 g/mol. The van der Waals surface area contributed by atoms with E-state index >= 15 is 0 Å². The molecule has 134 valence electrons. The van der Waals surface area contributed by atoms with Gasteiger partial charge in [0.25, 0.3) is 5.88 Å². The maximum absolute atomic E-state index is 6.02. The lowest BCUT2D eigenvalue weighted by molar-refractivity contribution is 0.0872. The fourth-order valence-electron chi connectivity index (χ4n) is 2.32. The Morgan fingerprint density at radius 1 is 0.769 bits per heavy atom. The molecule has 4 nitrogen and oxygen atoms in total. The molecule has 3 rings (SSSR count). The summed E-state index contributed by atoms with van der Waals surface area (Å²) in [5.41, 5.74) is 2.19. The SMILES string of the molecule is Clc1cnc(OCc2ccccc2)c(OCCOCc2ccccc2)c1. The van der Waals surface area contributed by atoms with Crippen molar-refractivity contribution < 1.29 is 14.2 Å². The van der Waals surface area contributed by atoms with Crippen molar-refractivity contribution in [1.29, 1.82) is 0 Å². The minimum absolute atomic E-state index is 0.385. The van der Waals surface area contributed by atoms with Crippen LogP contribution in [-0.2, 0) is 18.0 Å². The molecular weight excluding hydrogens is 350 g/mol. The van der Waals surface area contributed by atoms with Gasteiger partial charge in [0.1, 0.15) is 13.2 Å². The average molecular weight is 370 g/mol. The van der Waals surface area contributed by atoms with E-state index in [1.807, 2.05) is 60.7 Å². The normalized spacial score (nSPS) is 10.5. The lowest BCUT2D eigenvalue weighted by Crippen LogP contribution is -2.08. The summed E-state index contributed by atoms with van der Waals surface area (Å²) in [6.07, 6.45) is 1.54. The number of rotatable bonds is 9. The summed E-state index contributed by atoms with van der Waals surface area (Å²) in [5, 5.41) is 0.497. The van der Waals surface area contributed by atoms with E-state index in [1.165, 1.54) is 0 Å². The third-order valence-corrected chi connectivity index (χ3v) is 3.81. The van der Waals surface area contributed by atoms with E-state index in [1.54, 1.807) is 12.3 Å². The van der Waals surface area contributed by atoms with Crippen molar-refractivity contribution in [3.8, 4) is 11.6 Å². The van der Waals surface area contributed by atoms with Gasteiger partial charge in [-0.3, -0.25) is 0 Å². The van der Waals surface area contributed by atoms with Crippen LogP contribution in [0.2, 0.25) is 5.02 Å². The Morgan fingerprint density at radius 2 is 1.42 bits per heavy atom. The molecule has 0 unspecified atom stereocenters. The second-order valence-corrected chi connectivity index (χ2v) is 6.05. The van der Waals surface area contributed by atoms with Crippen molar-refractivity contribution >= 4 is 11.6 Å². The van der Waals surface area contributed by atoms with E-state index < -0.39 is 0 Å². The van der Waals surface area contributed by atoms with Crippen LogP contribution in [0.5, 0.6) is 11.6 Å². The molecule has 5 heteroatoms. The zero-order chi connectivity index (χ0) is 18.0. The molecule has 0 saturated heterocycles. The number of ether oxygens (including phenoxy) is 3. The highest BCUT2D eigenvalue weighted by Gasteiger charge is 2.09. The van der Waals surface area contributed by atoms with Crippen LogP contribution < -0.4 is 9.47 Å². The van der Waals surface area contributed by atoms with Crippen LogP contribution in [-0.4, -0.2) is 18.2 Å². The fraction of sp³-hybridized carbons (Fsp3) is 0.190. The van der Waals surface area contributed by atoms with Crippen molar-refractivity contribution in [3.05, 3.63) is 89.1 Å². The van der Waals surface area contributed by atoms with Gasteiger partial charge in [0.05, 0.1) is 18.2 Å². The van der Waals surface area contributed by atoms with Gasteiger partial charge in [-0.05, 0) is 11.1 Å². The minimum atomic E-state index is 0.385. The lowest BCUT2D eigenvalue weighted by Gasteiger charge is -2.12. The smallest absolute Gasteiger partial charge is 0.257 e. The Labute approximate surface area is 158 Å². The number of aromatic nitrogens is 1. The minimum Gasteiger partial charge on any atom is -0.485 e. The van der Waals surface area contributed by atoms with Crippen LogP contribution >= 0.6 is 11.6 Å². The van der Waals surface area contributed by atoms with Gasteiger partial charge in [0.15, 0.2) is 5.75 Å². The van der Waals surface area contributed by atoms with Crippen molar-refractivity contribution in [2.75, 3.05) is 13.2 Å². The van der Waals surface area contributed by atoms with E-state index in [2.05, 4.69) is 4.98 Å². The van der Waals surface area contributed by atoms with Crippen molar-refractivity contribution in [2.45, 2.75) is 13.2 Å². The van der Waals surface area contributed by atoms with Crippen LogP contribution in [0, 0.1) is 0 Å². The molecule has 0 saturated carbocycles. The van der Waals surface area contributed by atoms with Crippen LogP contribution in [0.15, 0.2) is 72.9 Å². The summed E-state index contributed by atoms with van der Waals surface area (Å²) in [5.74, 6) is 0.929. The third-order valence-electron chi connectivity index (χ3n) is 3.60. The molecule has 0 aliphatic rings. The van der Waals surface area contributed by atoms with Gasteiger partial charge in [0, 0.05) is 12.3 Å². The fourth-order valence-corrected chi connectivity index (χ4v) is 2.47. The highest BCUT2D eigenvalue weighted by atomic mass is 35.5. The molecule has 1 heterocycles. The Bertz CT molecular complexity index is 797. The molecule has 0 amide bonds. The lowest BCUT2D eigenvalue weighted by atomic mass is 10.2. The van der Waals surface area contributed by atoms with Gasteiger partial charge in [-0.1, -0.05) is 72.3 Å². The number of hydrogen-bond acceptors (Lipinski definition) is 4. The number of pyridine rings is 1. The van der Waals surface area contributed by atoms with E-state index in [9.17, 15) is 0 Å². The Hall–Kier alpha value is -2.56. The number of nitrogens with zero attached hydrogens (tertiary/aromatic N) is 1. The standard InChI is InChI=1S/C21H20ClNO3/c22-19-13-20(25-12-11-24-15-17-7-3-1-4-8-17)21(23-14-19)26-16-18-9-5-2-6-10-18/h1-10,13-14H,11-12,15-16H2. The number of halogens is 1. The molecule has 1 aromatic heterocycles. The summed E-state index contributed by atoms with van der Waals surface area (Å²) >= 11 is 6.02. The quantitative estimate of drug-likeness (QED) is 0.502. The van der Waals surface area contributed by atoms with E-state index in [0.717, 1.165) is 11.1 Å². The molecule has 0 spiro atoms. The van der Waals surface area contributed by atoms with Crippen LogP contribution in [0.4, 0.5) is 0 Å². The maximum Gasteiger partial charge on any atom is 0.257 e. The predicted octanol–water partition coefficient (Wildman–Crippen LogP) is 4.91. The molecule has 0 aliphatic heterocycles. The van der Waals surface area contributed by atoms with Crippen molar-refractivity contribution in [2.24, 2.45) is 0 Å². The van der Waals surface area contributed by atoms with Crippen LogP contribution in [0.3, 0.4) is 0 Å². The average Bonchev–Trinajstić information content (AvgIpc) is 2.69. The Morgan fingerprint density at radius 3 is 2.12 bits per heavy atom. The molecule has 0 N–H and O–H groups in total. The first kappa shape index (κ1) is 18.2. The zero-order valence-electron chi connectivity index (χ0n) is 14.3. The van der Waals surface area contributed by atoms with E-state index in [-0.39, 0.29) is 0 Å². The van der Waals surface area contributed by atoms with E-state index in [0.29, 0.717) is 43.1 Å². The van der Waals surface area contributed by atoms with Gasteiger partial charge >= 0.3 is 0 Å². The second-order valence-electron chi connectivity index (χ2n) is 5.62. The predicted molar refractivity (Wildman–Crippen MR) is 102 cm³/mol. The molecule has 0 atom stereocenters. The van der Waals surface area contributed by atoms with Gasteiger partial charge < -0.3 is 14.2 Å². The summed E-state index contributed by atoms with van der Waals surface area (Å²) in [7, 11) is 0. The van der Waals surface area contributed by atoms with Gasteiger partial charge in [-0.15, -0.1) is 0 Å². The number of hydrogen-bond donors (Lipinski definition) is 0. The van der Waals surface area contributed by atoms with Gasteiger partial charge in [-0.2, -0.15) is 0 Å². The summed E-state index contributed by atoms with van der Waals surface area (Å²) in [4.78, 5) is 4.22. The molecule has 0 bridgehead atoms. The highest BCUT2D eigenvalue weighted by molar-refractivity contribution is 6.30. The summed E-state index contributed by atoms with van der Waals surface area (Å²) in [6.45, 7) is 1.81. The Balaban J connectivity index is 1.49. The molecule has 3 aromatic rings. The molecular formula is C21H20ClNO3. The maximum atomic E-state index is 6.02. The van der Waals surface area contributed by atoms with E-state index in [4.69, 9.17) is 25.8 Å². The zero-order valence-corrected chi connectivity index (χ0v) is 15.1. The summed E-state index contributed by atoms with van der Waals surface area (Å²) in [6, 6.07) is 21.6. The third kappa shape index (κ3) is 5.76. The summed E-state index contributed by atoms with van der Waals surface area (Å²) < 4.78 is 17.1. The number of benzene rings is 2. The van der Waals surface area contributed by atoms with Crippen LogP contribution in [0.1, 0.15) is 11.1 Å².